The van der Waals surface area contributed by atoms with Gasteiger partial charge in [-0.1, -0.05) is 0 Å². The molecule has 4 rings (SSSR count). The highest BCUT2D eigenvalue weighted by Gasteiger charge is 2.39. The molecule has 0 saturated carbocycles. The fraction of sp³-hybridized carbons (Fsp3) is 0.562. The Hall–Kier alpha value is -1.55. The van der Waals surface area contributed by atoms with Crippen LogP contribution in [0.25, 0.3) is 0 Å². The van der Waals surface area contributed by atoms with Gasteiger partial charge in [0.1, 0.15) is 5.75 Å². The van der Waals surface area contributed by atoms with Crippen molar-refractivity contribution in [1.29, 1.82) is 0 Å². The summed E-state index contributed by atoms with van der Waals surface area (Å²) in [5, 5.41) is 6.74. The van der Waals surface area contributed by atoms with Crippen molar-refractivity contribution in [3.8, 4) is 5.75 Å². The Morgan fingerprint density at radius 2 is 2.30 bits per heavy atom. The first kappa shape index (κ1) is 12.2. The average Bonchev–Trinajstić information content (AvgIpc) is 3.09. The number of fused-ring (bicyclic) bond motifs is 3. The van der Waals surface area contributed by atoms with Gasteiger partial charge in [-0.3, -0.25) is 4.79 Å². The van der Waals surface area contributed by atoms with E-state index in [1.54, 1.807) is 0 Å². The van der Waals surface area contributed by atoms with E-state index >= 15 is 0 Å². The Kier molecular flexibility index (Phi) is 2.91. The minimum absolute atomic E-state index is 0.0534. The summed E-state index contributed by atoms with van der Waals surface area (Å²) in [6.07, 6.45) is 5.56. The van der Waals surface area contributed by atoms with Crippen LogP contribution < -0.4 is 15.4 Å². The zero-order valence-corrected chi connectivity index (χ0v) is 11.5. The minimum Gasteiger partial charge on any atom is -0.493 e. The molecule has 3 atom stereocenters. The largest absolute Gasteiger partial charge is 0.493 e. The quantitative estimate of drug-likeness (QED) is 0.860. The molecule has 2 bridgehead atoms. The van der Waals surface area contributed by atoms with Crippen LogP contribution in [0.2, 0.25) is 0 Å². The number of amides is 1. The highest BCUT2D eigenvalue weighted by atomic mass is 16.5. The van der Waals surface area contributed by atoms with Crippen LogP contribution >= 0.6 is 0 Å². The normalized spacial score (nSPS) is 30.7. The summed E-state index contributed by atoms with van der Waals surface area (Å²) < 4.78 is 5.59. The topological polar surface area (TPSA) is 50.4 Å². The molecule has 2 fully saturated rings. The number of aryl methyl sites for hydroxylation is 1. The first-order valence-electron chi connectivity index (χ1n) is 7.62. The van der Waals surface area contributed by atoms with Gasteiger partial charge in [0.05, 0.1) is 6.61 Å². The molecule has 1 aromatic rings. The SMILES string of the molecule is O=C(N[C@@H]1C[C@H]2CC[C@@H]1N2)c1ccc2c(c1)CCCO2. The van der Waals surface area contributed by atoms with Gasteiger partial charge in [-0.25, -0.2) is 0 Å². The van der Waals surface area contributed by atoms with Crippen LogP contribution in [0.4, 0.5) is 0 Å². The zero-order valence-electron chi connectivity index (χ0n) is 11.5. The minimum atomic E-state index is 0.0534. The molecule has 2 saturated heterocycles. The zero-order chi connectivity index (χ0) is 13.5. The van der Waals surface area contributed by atoms with Gasteiger partial charge in [0.2, 0.25) is 0 Å². The van der Waals surface area contributed by atoms with Gasteiger partial charge in [0.15, 0.2) is 0 Å². The molecule has 0 unspecified atom stereocenters. The summed E-state index contributed by atoms with van der Waals surface area (Å²) in [5.74, 6) is 0.993. The smallest absolute Gasteiger partial charge is 0.251 e. The predicted molar refractivity (Wildman–Crippen MR) is 76.1 cm³/mol. The Bertz CT molecular complexity index is 543. The molecule has 0 aliphatic carbocycles. The summed E-state index contributed by atoms with van der Waals surface area (Å²) in [6.45, 7) is 0.787. The van der Waals surface area contributed by atoms with Crippen molar-refractivity contribution in [2.24, 2.45) is 0 Å². The molecule has 3 heterocycles. The molecule has 3 aliphatic heterocycles. The number of hydrogen-bond donors (Lipinski definition) is 2. The number of hydrogen-bond acceptors (Lipinski definition) is 3. The van der Waals surface area contributed by atoms with Gasteiger partial charge < -0.3 is 15.4 Å². The van der Waals surface area contributed by atoms with Crippen molar-refractivity contribution in [2.45, 2.75) is 50.2 Å². The number of ether oxygens (including phenoxy) is 1. The predicted octanol–water partition coefficient (Wildman–Crippen LogP) is 1.63. The van der Waals surface area contributed by atoms with E-state index in [9.17, 15) is 4.79 Å². The molecule has 4 nitrogen and oxygen atoms in total. The van der Waals surface area contributed by atoms with Gasteiger partial charge >= 0.3 is 0 Å². The molecule has 1 amide bonds. The lowest BCUT2D eigenvalue weighted by atomic mass is 9.95. The van der Waals surface area contributed by atoms with Gasteiger partial charge in [-0.15, -0.1) is 0 Å². The first-order chi connectivity index (χ1) is 9.79. The molecule has 106 valence electrons. The van der Waals surface area contributed by atoms with Crippen LogP contribution in [0.3, 0.4) is 0 Å². The number of benzene rings is 1. The summed E-state index contributed by atoms with van der Waals surface area (Å²) in [7, 11) is 0. The molecule has 4 heteroatoms. The Morgan fingerprint density at radius 3 is 3.10 bits per heavy atom. The second-order valence-electron chi connectivity index (χ2n) is 6.14. The maximum Gasteiger partial charge on any atom is 0.251 e. The molecule has 1 aromatic carbocycles. The average molecular weight is 272 g/mol. The highest BCUT2D eigenvalue weighted by molar-refractivity contribution is 5.94. The summed E-state index contributed by atoms with van der Waals surface area (Å²) in [4.78, 5) is 12.4. The van der Waals surface area contributed by atoms with Gasteiger partial charge in [-0.05, 0) is 55.9 Å². The molecule has 0 spiro atoms. The number of rotatable bonds is 2. The van der Waals surface area contributed by atoms with Crippen LogP contribution in [0.1, 0.15) is 41.6 Å². The van der Waals surface area contributed by atoms with Crippen molar-refractivity contribution < 1.29 is 9.53 Å². The van der Waals surface area contributed by atoms with E-state index < -0.39 is 0 Å². The Labute approximate surface area is 118 Å². The number of carbonyl (C=O) groups excluding carboxylic acids is 1. The maximum absolute atomic E-state index is 12.4. The molecule has 0 radical (unpaired) electrons. The second kappa shape index (κ2) is 4.77. The van der Waals surface area contributed by atoms with E-state index in [0.29, 0.717) is 18.1 Å². The monoisotopic (exact) mass is 272 g/mol. The first-order valence-corrected chi connectivity index (χ1v) is 7.62. The lowest BCUT2D eigenvalue weighted by Gasteiger charge is -2.22. The van der Waals surface area contributed by atoms with Gasteiger partial charge in [-0.2, -0.15) is 0 Å². The molecule has 2 N–H and O–H groups in total. The molecular formula is C16H20N2O2. The lowest BCUT2D eigenvalue weighted by molar-refractivity contribution is 0.0930. The third kappa shape index (κ3) is 2.08. The highest BCUT2D eigenvalue weighted by Crippen LogP contribution is 2.29. The standard InChI is InChI=1S/C16H20N2O2/c19-16(18-14-9-12-4-5-13(14)17-12)11-3-6-15-10(8-11)2-1-7-20-15/h3,6,8,12-14,17H,1-2,4-5,7,9H2,(H,18,19)/t12-,13+,14-/m1/s1. The van der Waals surface area contributed by atoms with E-state index in [1.807, 2.05) is 18.2 Å². The van der Waals surface area contributed by atoms with E-state index in [2.05, 4.69) is 10.6 Å². The van der Waals surface area contributed by atoms with E-state index in [0.717, 1.165) is 42.7 Å². The summed E-state index contributed by atoms with van der Waals surface area (Å²) in [6, 6.07) is 7.19. The fourth-order valence-corrected chi connectivity index (χ4v) is 3.74. The van der Waals surface area contributed by atoms with Crippen molar-refractivity contribution in [3.05, 3.63) is 29.3 Å². The summed E-state index contributed by atoms with van der Waals surface area (Å²) in [5.41, 5.74) is 1.92. The number of nitrogens with one attached hydrogen (secondary N) is 2. The van der Waals surface area contributed by atoms with E-state index in [4.69, 9.17) is 4.74 Å². The molecule has 3 aliphatic rings. The third-order valence-corrected chi connectivity index (χ3v) is 4.79. The van der Waals surface area contributed by atoms with Crippen LogP contribution in [0, 0.1) is 0 Å². The van der Waals surface area contributed by atoms with Crippen LogP contribution in [-0.4, -0.2) is 30.6 Å². The lowest BCUT2D eigenvalue weighted by Crippen LogP contribution is -2.42. The van der Waals surface area contributed by atoms with Crippen LogP contribution in [0.15, 0.2) is 18.2 Å². The molecular weight excluding hydrogens is 252 g/mol. The van der Waals surface area contributed by atoms with Crippen molar-refractivity contribution >= 4 is 5.91 Å². The van der Waals surface area contributed by atoms with Crippen molar-refractivity contribution in [2.75, 3.05) is 6.61 Å². The Balaban J connectivity index is 1.48. The second-order valence-corrected chi connectivity index (χ2v) is 6.14. The van der Waals surface area contributed by atoms with Crippen molar-refractivity contribution in [3.63, 3.8) is 0 Å². The fourth-order valence-electron chi connectivity index (χ4n) is 3.74. The van der Waals surface area contributed by atoms with E-state index in [1.165, 1.54) is 12.8 Å². The third-order valence-electron chi connectivity index (χ3n) is 4.79. The molecule has 20 heavy (non-hydrogen) atoms. The van der Waals surface area contributed by atoms with Crippen molar-refractivity contribution in [1.82, 2.24) is 10.6 Å². The van der Waals surface area contributed by atoms with E-state index in [-0.39, 0.29) is 5.91 Å². The van der Waals surface area contributed by atoms with Gasteiger partial charge in [0, 0.05) is 23.7 Å². The Morgan fingerprint density at radius 1 is 1.35 bits per heavy atom. The van der Waals surface area contributed by atoms with Crippen LogP contribution in [-0.2, 0) is 6.42 Å². The van der Waals surface area contributed by atoms with Crippen LogP contribution in [0.5, 0.6) is 5.75 Å². The maximum atomic E-state index is 12.4. The van der Waals surface area contributed by atoms with Gasteiger partial charge in [0.25, 0.3) is 5.91 Å². The molecule has 0 aromatic heterocycles. The number of carbonyl (C=O) groups is 1. The summed E-state index contributed by atoms with van der Waals surface area (Å²) >= 11 is 0.